The molecule has 0 aliphatic carbocycles. The molecular weight excluding hydrogens is 434 g/mol. The number of thiocarbonyl (C=S) groups is 1. The van der Waals surface area contributed by atoms with Gasteiger partial charge in [0.1, 0.15) is 17.1 Å². The van der Waals surface area contributed by atoms with Gasteiger partial charge in [-0.1, -0.05) is 52.0 Å². The lowest BCUT2D eigenvalue weighted by Gasteiger charge is -2.19. The number of esters is 1. The van der Waals surface area contributed by atoms with Crippen LogP contribution >= 0.6 is 12.2 Å². The van der Waals surface area contributed by atoms with Gasteiger partial charge in [-0.25, -0.2) is 4.79 Å². The fourth-order valence-electron chi connectivity index (χ4n) is 3.24. The summed E-state index contributed by atoms with van der Waals surface area (Å²) in [4.78, 5) is 18.9. The van der Waals surface area contributed by atoms with E-state index in [0.29, 0.717) is 11.3 Å². The van der Waals surface area contributed by atoms with Crippen molar-refractivity contribution in [1.29, 1.82) is 0 Å². The number of amidine groups is 1. The van der Waals surface area contributed by atoms with E-state index in [0.717, 1.165) is 36.2 Å². The van der Waals surface area contributed by atoms with Gasteiger partial charge in [-0.15, -0.1) is 0 Å². The molecule has 2 rings (SSSR count). The minimum absolute atomic E-state index is 0.0448. The Morgan fingerprint density at radius 1 is 1.18 bits per heavy atom. The van der Waals surface area contributed by atoms with E-state index in [1.807, 2.05) is 31.2 Å². The molecule has 0 saturated carbocycles. The number of aryl methyl sites for hydroxylation is 1. The van der Waals surface area contributed by atoms with Crippen molar-refractivity contribution in [2.24, 2.45) is 10.7 Å². The lowest BCUT2D eigenvalue weighted by Crippen LogP contribution is -2.21. The summed E-state index contributed by atoms with van der Waals surface area (Å²) in [5.74, 6) is 0.0558. The number of hydrogen-bond acceptors (Lipinski definition) is 5. The number of aliphatic imine (C=N–C) groups is 1. The minimum Gasteiger partial charge on any atom is -0.465 e. The van der Waals surface area contributed by atoms with E-state index in [1.54, 1.807) is 12.1 Å². The highest BCUT2D eigenvalue weighted by atomic mass is 32.1. The van der Waals surface area contributed by atoms with Gasteiger partial charge < -0.3 is 20.1 Å². The van der Waals surface area contributed by atoms with E-state index < -0.39 is 5.97 Å². The molecule has 0 spiro atoms. The maximum absolute atomic E-state index is 12.4. The van der Waals surface area contributed by atoms with Crippen LogP contribution in [0.4, 0.5) is 0 Å². The van der Waals surface area contributed by atoms with Gasteiger partial charge in [-0.05, 0) is 73.4 Å². The Morgan fingerprint density at radius 2 is 1.82 bits per heavy atom. The van der Waals surface area contributed by atoms with Gasteiger partial charge in [0, 0.05) is 12.1 Å². The predicted octanol–water partition coefficient (Wildman–Crippen LogP) is 4.64. The third kappa shape index (κ3) is 7.37. The highest BCUT2D eigenvalue weighted by Gasteiger charge is 2.18. The molecule has 2 N–H and O–H groups in total. The van der Waals surface area contributed by atoms with Gasteiger partial charge in [0.25, 0.3) is 5.17 Å². The Labute approximate surface area is 202 Å². The summed E-state index contributed by atoms with van der Waals surface area (Å²) in [5.41, 5.74) is 10.5. The molecule has 0 aromatic heterocycles. The molecule has 2 aromatic carbocycles. The van der Waals surface area contributed by atoms with E-state index >= 15 is 0 Å². The first-order valence-electron chi connectivity index (χ1n) is 11.0. The Balaban J connectivity index is 2.26. The lowest BCUT2D eigenvalue weighted by molar-refractivity contribution is 0.0598. The fraction of sp³-hybridized carbons (Fsp3) is 0.423. The fourth-order valence-corrected chi connectivity index (χ4v) is 3.43. The molecule has 0 aliphatic heterocycles. The zero-order valence-corrected chi connectivity index (χ0v) is 21.5. The number of nitrogens with zero attached hydrogens (tertiary/aromatic N) is 2. The average Bonchev–Trinajstić information content (AvgIpc) is 2.77. The summed E-state index contributed by atoms with van der Waals surface area (Å²) in [7, 11) is 3.40. The number of carbonyl (C=O) groups excluding carboxylic acids is 1. The van der Waals surface area contributed by atoms with Gasteiger partial charge in [0.2, 0.25) is 0 Å². The van der Waals surface area contributed by atoms with Gasteiger partial charge >= 0.3 is 5.97 Å². The van der Waals surface area contributed by atoms with Crippen LogP contribution in [0.1, 0.15) is 60.3 Å². The van der Waals surface area contributed by atoms with Crippen molar-refractivity contribution in [3.8, 4) is 5.75 Å². The number of rotatable bonds is 7. The standard InChI is InChI=1S/C26H35N3O3S/c1-8-29(6)14-13-19-16-21(24(30)31-7)22(15-17(19)2)32-25(33)28-23(27)18-9-11-20(12-10-18)26(3,4)5/h9-12,15-16H,8,13-14H2,1-7H3,(H2,27,28,33). The number of likely N-dealkylation sites (N-methyl/N-ethyl adjacent to an activating group) is 1. The van der Waals surface area contributed by atoms with Crippen LogP contribution in [-0.4, -0.2) is 49.1 Å². The van der Waals surface area contributed by atoms with Crippen molar-refractivity contribution in [3.05, 3.63) is 64.2 Å². The van der Waals surface area contributed by atoms with Crippen LogP contribution in [0.3, 0.4) is 0 Å². The van der Waals surface area contributed by atoms with Crippen molar-refractivity contribution < 1.29 is 14.3 Å². The molecule has 0 unspecified atom stereocenters. The van der Waals surface area contributed by atoms with E-state index in [4.69, 9.17) is 27.4 Å². The normalized spacial score (nSPS) is 12.1. The maximum Gasteiger partial charge on any atom is 0.341 e. The number of benzene rings is 2. The molecule has 178 valence electrons. The van der Waals surface area contributed by atoms with Crippen molar-refractivity contribution in [2.75, 3.05) is 27.2 Å². The van der Waals surface area contributed by atoms with Crippen molar-refractivity contribution in [3.63, 3.8) is 0 Å². The smallest absolute Gasteiger partial charge is 0.341 e. The van der Waals surface area contributed by atoms with Gasteiger partial charge in [-0.3, -0.25) is 0 Å². The monoisotopic (exact) mass is 469 g/mol. The third-order valence-corrected chi connectivity index (χ3v) is 5.78. The molecule has 6 nitrogen and oxygen atoms in total. The maximum atomic E-state index is 12.4. The number of methoxy groups -OCH3 is 1. The topological polar surface area (TPSA) is 77.2 Å². The highest BCUT2D eigenvalue weighted by Crippen LogP contribution is 2.26. The molecule has 0 heterocycles. The van der Waals surface area contributed by atoms with Crippen LogP contribution in [0, 0.1) is 6.92 Å². The Bertz CT molecular complexity index is 1020. The molecule has 2 aromatic rings. The molecule has 0 aliphatic rings. The van der Waals surface area contributed by atoms with Crippen LogP contribution < -0.4 is 10.5 Å². The van der Waals surface area contributed by atoms with Gasteiger partial charge in [0.05, 0.1) is 7.11 Å². The Morgan fingerprint density at radius 3 is 2.36 bits per heavy atom. The molecule has 0 bridgehead atoms. The average molecular weight is 470 g/mol. The predicted molar refractivity (Wildman–Crippen MR) is 138 cm³/mol. The summed E-state index contributed by atoms with van der Waals surface area (Å²) in [6.07, 6.45) is 0.806. The molecular formula is C26H35N3O3S. The van der Waals surface area contributed by atoms with Crippen molar-refractivity contribution >= 4 is 29.2 Å². The number of ether oxygens (including phenoxy) is 2. The summed E-state index contributed by atoms with van der Waals surface area (Å²) in [6, 6.07) is 11.5. The first kappa shape index (κ1) is 26.5. The van der Waals surface area contributed by atoms with Crippen LogP contribution in [0.5, 0.6) is 5.75 Å². The molecule has 0 radical (unpaired) electrons. The summed E-state index contributed by atoms with van der Waals surface area (Å²) in [5, 5.41) is -0.0737. The Hall–Kier alpha value is -2.77. The molecule has 0 atom stereocenters. The molecule has 7 heteroatoms. The lowest BCUT2D eigenvalue weighted by atomic mass is 9.87. The minimum atomic E-state index is -0.493. The van der Waals surface area contributed by atoms with Crippen molar-refractivity contribution in [1.82, 2.24) is 4.90 Å². The van der Waals surface area contributed by atoms with Crippen LogP contribution in [0.15, 0.2) is 41.4 Å². The summed E-state index contributed by atoms with van der Waals surface area (Å²) >= 11 is 5.31. The SMILES string of the molecule is CCN(C)CCc1cc(C(=O)OC)c(OC(=S)N=C(N)c2ccc(C(C)(C)C)cc2)cc1C. The zero-order chi connectivity index (χ0) is 24.8. The van der Waals surface area contributed by atoms with E-state index in [-0.39, 0.29) is 16.4 Å². The molecule has 0 amide bonds. The summed E-state index contributed by atoms with van der Waals surface area (Å²) in [6.45, 7) is 12.4. The quantitative estimate of drug-likeness (QED) is 0.275. The Kier molecular flexibility index (Phi) is 9.14. The molecule has 33 heavy (non-hydrogen) atoms. The van der Waals surface area contributed by atoms with Crippen LogP contribution in [0.25, 0.3) is 0 Å². The van der Waals surface area contributed by atoms with Gasteiger partial charge in [0.15, 0.2) is 0 Å². The second kappa shape index (κ2) is 11.4. The molecule has 0 fully saturated rings. The number of carbonyl (C=O) groups is 1. The first-order valence-corrected chi connectivity index (χ1v) is 11.4. The van der Waals surface area contributed by atoms with Crippen LogP contribution in [0.2, 0.25) is 0 Å². The van der Waals surface area contributed by atoms with E-state index in [1.165, 1.54) is 12.7 Å². The van der Waals surface area contributed by atoms with Crippen LogP contribution in [-0.2, 0) is 16.6 Å². The van der Waals surface area contributed by atoms with E-state index in [9.17, 15) is 4.79 Å². The first-order chi connectivity index (χ1) is 15.5. The van der Waals surface area contributed by atoms with E-state index in [2.05, 4.69) is 44.6 Å². The number of hydrogen-bond donors (Lipinski definition) is 1. The zero-order valence-electron chi connectivity index (χ0n) is 20.7. The molecule has 0 saturated heterocycles. The second-order valence-corrected chi connectivity index (χ2v) is 9.45. The largest absolute Gasteiger partial charge is 0.465 e. The van der Waals surface area contributed by atoms with Crippen molar-refractivity contribution in [2.45, 2.75) is 46.5 Å². The third-order valence-electron chi connectivity index (χ3n) is 5.60. The van der Waals surface area contributed by atoms with Gasteiger partial charge in [-0.2, -0.15) is 4.99 Å². The highest BCUT2D eigenvalue weighted by molar-refractivity contribution is 7.80. The second-order valence-electron chi connectivity index (χ2n) is 9.10. The summed E-state index contributed by atoms with van der Waals surface area (Å²) < 4.78 is 10.7. The number of nitrogens with two attached hydrogens (primary N) is 1.